The standard InChI is InChI=1S/C18H24N2O/c1-3-10-19-18(15-9-12-21-13(15)2)16-8-4-6-14-7-5-11-20-17(14)16/h5,7,9,11-12,16,18-19H,3-4,6,8,10H2,1-2H3. The maximum absolute atomic E-state index is 5.54. The molecule has 2 unspecified atom stereocenters. The van der Waals surface area contributed by atoms with E-state index in [1.807, 2.05) is 6.20 Å². The lowest BCUT2D eigenvalue weighted by Crippen LogP contribution is -2.30. The van der Waals surface area contributed by atoms with Crippen molar-refractivity contribution in [2.45, 2.75) is 51.5 Å². The van der Waals surface area contributed by atoms with Crippen molar-refractivity contribution in [1.29, 1.82) is 0 Å². The minimum Gasteiger partial charge on any atom is -0.469 e. The zero-order chi connectivity index (χ0) is 14.7. The van der Waals surface area contributed by atoms with Gasteiger partial charge in [-0.25, -0.2) is 0 Å². The van der Waals surface area contributed by atoms with E-state index in [4.69, 9.17) is 9.40 Å². The minimum atomic E-state index is 0.303. The van der Waals surface area contributed by atoms with Gasteiger partial charge in [-0.15, -0.1) is 0 Å². The second-order valence-corrected chi connectivity index (χ2v) is 5.91. The zero-order valence-electron chi connectivity index (χ0n) is 12.9. The molecule has 3 nitrogen and oxygen atoms in total. The maximum atomic E-state index is 5.54. The molecule has 2 aromatic rings. The van der Waals surface area contributed by atoms with Crippen molar-refractivity contribution in [1.82, 2.24) is 10.3 Å². The van der Waals surface area contributed by atoms with Crippen LogP contribution in [0.15, 0.2) is 35.1 Å². The van der Waals surface area contributed by atoms with Gasteiger partial charge in [0.05, 0.1) is 6.26 Å². The summed E-state index contributed by atoms with van der Waals surface area (Å²) in [6.45, 7) is 5.28. The number of fused-ring (bicyclic) bond motifs is 1. The smallest absolute Gasteiger partial charge is 0.105 e. The van der Waals surface area contributed by atoms with Gasteiger partial charge in [0.2, 0.25) is 0 Å². The van der Waals surface area contributed by atoms with E-state index in [0.717, 1.165) is 25.1 Å². The van der Waals surface area contributed by atoms with Crippen LogP contribution >= 0.6 is 0 Å². The van der Waals surface area contributed by atoms with Crippen LogP contribution in [0.5, 0.6) is 0 Å². The largest absolute Gasteiger partial charge is 0.469 e. The summed E-state index contributed by atoms with van der Waals surface area (Å²) in [5, 5.41) is 3.72. The number of nitrogens with one attached hydrogen (secondary N) is 1. The third-order valence-corrected chi connectivity index (χ3v) is 4.49. The Bertz CT molecular complexity index is 590. The van der Waals surface area contributed by atoms with Crippen molar-refractivity contribution in [3.8, 4) is 0 Å². The van der Waals surface area contributed by atoms with Gasteiger partial charge >= 0.3 is 0 Å². The molecule has 1 aliphatic rings. The minimum absolute atomic E-state index is 0.303. The molecular formula is C18H24N2O. The molecule has 3 rings (SSSR count). The molecule has 0 radical (unpaired) electrons. The Kier molecular flexibility index (Phi) is 4.39. The molecule has 1 aliphatic carbocycles. The van der Waals surface area contributed by atoms with E-state index >= 15 is 0 Å². The second kappa shape index (κ2) is 6.44. The molecule has 21 heavy (non-hydrogen) atoms. The summed E-state index contributed by atoms with van der Waals surface area (Å²) < 4.78 is 5.54. The Morgan fingerprint density at radius 3 is 3.10 bits per heavy atom. The predicted molar refractivity (Wildman–Crippen MR) is 84.4 cm³/mol. The van der Waals surface area contributed by atoms with E-state index in [2.05, 4.69) is 37.4 Å². The first kappa shape index (κ1) is 14.3. The molecule has 1 N–H and O–H groups in total. The highest BCUT2D eigenvalue weighted by atomic mass is 16.3. The van der Waals surface area contributed by atoms with Crippen molar-refractivity contribution >= 4 is 0 Å². The number of rotatable bonds is 5. The highest BCUT2D eigenvalue weighted by molar-refractivity contribution is 5.32. The van der Waals surface area contributed by atoms with Crippen LogP contribution in [0.25, 0.3) is 0 Å². The Morgan fingerprint density at radius 2 is 2.33 bits per heavy atom. The number of hydrogen-bond acceptors (Lipinski definition) is 3. The van der Waals surface area contributed by atoms with Gasteiger partial charge in [0.25, 0.3) is 0 Å². The van der Waals surface area contributed by atoms with Gasteiger partial charge in [0.1, 0.15) is 5.76 Å². The van der Waals surface area contributed by atoms with E-state index in [0.29, 0.717) is 12.0 Å². The molecule has 0 aromatic carbocycles. The first-order valence-corrected chi connectivity index (χ1v) is 8.02. The van der Waals surface area contributed by atoms with Gasteiger partial charge in [0, 0.05) is 29.4 Å². The molecular weight excluding hydrogens is 260 g/mol. The summed E-state index contributed by atoms with van der Waals surface area (Å²) >= 11 is 0. The van der Waals surface area contributed by atoms with Crippen LogP contribution in [0, 0.1) is 6.92 Å². The van der Waals surface area contributed by atoms with E-state index in [9.17, 15) is 0 Å². The summed E-state index contributed by atoms with van der Waals surface area (Å²) in [4.78, 5) is 4.70. The number of nitrogens with zero attached hydrogens (tertiary/aromatic N) is 1. The van der Waals surface area contributed by atoms with Crippen LogP contribution in [-0.2, 0) is 6.42 Å². The number of furan rings is 1. The average Bonchev–Trinajstić information content (AvgIpc) is 2.94. The van der Waals surface area contributed by atoms with Gasteiger partial charge in [-0.1, -0.05) is 13.0 Å². The normalized spacial score (nSPS) is 19.2. The first-order chi connectivity index (χ1) is 10.3. The quantitative estimate of drug-likeness (QED) is 0.896. The van der Waals surface area contributed by atoms with E-state index in [1.165, 1.54) is 29.7 Å². The van der Waals surface area contributed by atoms with Gasteiger partial charge < -0.3 is 9.73 Å². The molecule has 112 valence electrons. The highest BCUT2D eigenvalue weighted by Gasteiger charge is 2.31. The molecule has 2 aromatic heterocycles. The van der Waals surface area contributed by atoms with Crippen LogP contribution in [0.1, 0.15) is 60.7 Å². The lowest BCUT2D eigenvalue weighted by atomic mass is 9.79. The summed E-state index contributed by atoms with van der Waals surface area (Å²) in [5.74, 6) is 1.46. The Labute approximate surface area is 126 Å². The molecule has 0 bridgehead atoms. The molecule has 0 spiro atoms. The van der Waals surface area contributed by atoms with Crippen molar-refractivity contribution in [2.24, 2.45) is 0 Å². The van der Waals surface area contributed by atoms with Gasteiger partial charge in [-0.3, -0.25) is 4.98 Å². The summed E-state index contributed by atoms with van der Waals surface area (Å²) in [5.41, 5.74) is 3.98. The Hall–Kier alpha value is -1.61. The van der Waals surface area contributed by atoms with E-state index < -0.39 is 0 Å². The number of pyridine rings is 1. The van der Waals surface area contributed by atoms with E-state index in [1.54, 1.807) is 6.26 Å². The van der Waals surface area contributed by atoms with Crippen molar-refractivity contribution in [3.05, 3.63) is 53.2 Å². The van der Waals surface area contributed by atoms with Crippen molar-refractivity contribution < 1.29 is 4.42 Å². The fourth-order valence-corrected chi connectivity index (χ4v) is 3.46. The lowest BCUT2D eigenvalue weighted by Gasteiger charge is -2.32. The summed E-state index contributed by atoms with van der Waals surface area (Å²) in [6, 6.07) is 6.70. The Balaban J connectivity index is 1.96. The third kappa shape index (κ3) is 2.88. The predicted octanol–water partition coefficient (Wildman–Crippen LogP) is 4.14. The van der Waals surface area contributed by atoms with Crippen LogP contribution in [-0.4, -0.2) is 11.5 Å². The molecule has 0 saturated heterocycles. The summed E-state index contributed by atoms with van der Waals surface area (Å²) in [7, 11) is 0. The highest BCUT2D eigenvalue weighted by Crippen LogP contribution is 2.40. The second-order valence-electron chi connectivity index (χ2n) is 5.91. The van der Waals surface area contributed by atoms with Gasteiger partial charge in [-0.2, -0.15) is 0 Å². The Morgan fingerprint density at radius 1 is 1.43 bits per heavy atom. The van der Waals surface area contributed by atoms with Crippen LogP contribution in [0.4, 0.5) is 0 Å². The average molecular weight is 284 g/mol. The SMILES string of the molecule is CCCNC(c1ccoc1C)C1CCCc2cccnc21. The lowest BCUT2D eigenvalue weighted by molar-refractivity contribution is 0.388. The number of hydrogen-bond donors (Lipinski definition) is 1. The molecule has 2 heterocycles. The van der Waals surface area contributed by atoms with Gasteiger partial charge in [0.15, 0.2) is 0 Å². The van der Waals surface area contributed by atoms with Crippen molar-refractivity contribution in [3.63, 3.8) is 0 Å². The fourth-order valence-electron chi connectivity index (χ4n) is 3.46. The molecule has 0 aliphatic heterocycles. The topological polar surface area (TPSA) is 38.1 Å². The number of aromatic nitrogens is 1. The molecule has 3 heteroatoms. The van der Waals surface area contributed by atoms with Crippen LogP contribution in [0.3, 0.4) is 0 Å². The first-order valence-electron chi connectivity index (χ1n) is 8.02. The third-order valence-electron chi connectivity index (χ3n) is 4.49. The number of aryl methyl sites for hydroxylation is 2. The molecule has 0 fully saturated rings. The molecule has 0 saturated carbocycles. The monoisotopic (exact) mass is 284 g/mol. The van der Waals surface area contributed by atoms with Gasteiger partial charge in [-0.05, 0) is 56.8 Å². The fraction of sp³-hybridized carbons (Fsp3) is 0.500. The molecule has 2 atom stereocenters. The molecule has 0 amide bonds. The van der Waals surface area contributed by atoms with Crippen LogP contribution < -0.4 is 5.32 Å². The summed E-state index contributed by atoms with van der Waals surface area (Å²) in [6.07, 6.45) is 8.45. The van der Waals surface area contributed by atoms with Crippen molar-refractivity contribution in [2.75, 3.05) is 6.54 Å². The zero-order valence-corrected chi connectivity index (χ0v) is 12.9. The maximum Gasteiger partial charge on any atom is 0.105 e. The van der Waals surface area contributed by atoms with Crippen LogP contribution in [0.2, 0.25) is 0 Å². The van der Waals surface area contributed by atoms with E-state index in [-0.39, 0.29) is 0 Å².